The zero-order valence-corrected chi connectivity index (χ0v) is 20.2. The maximum Gasteiger partial charge on any atom is 0.255 e. The van der Waals surface area contributed by atoms with Crippen LogP contribution in [0, 0.1) is 0 Å². The number of nitrogens with zero attached hydrogens (tertiary/aromatic N) is 4. The van der Waals surface area contributed by atoms with Crippen LogP contribution in [0.1, 0.15) is 53.1 Å². The summed E-state index contributed by atoms with van der Waals surface area (Å²) in [5, 5.41) is 7.74. The van der Waals surface area contributed by atoms with Gasteiger partial charge in [-0.15, -0.1) is 0 Å². The van der Waals surface area contributed by atoms with E-state index in [2.05, 4.69) is 53.3 Å². The van der Waals surface area contributed by atoms with Gasteiger partial charge in [0.15, 0.2) is 5.82 Å². The molecule has 4 aromatic rings. The Morgan fingerprint density at radius 1 is 1.09 bits per heavy atom. The predicted molar refractivity (Wildman–Crippen MR) is 137 cm³/mol. The van der Waals surface area contributed by atoms with Crippen LogP contribution < -0.4 is 15.0 Å². The van der Waals surface area contributed by atoms with Gasteiger partial charge in [0.1, 0.15) is 12.1 Å². The number of amides is 1. The van der Waals surface area contributed by atoms with E-state index in [1.807, 2.05) is 47.1 Å². The van der Waals surface area contributed by atoms with Crippen LogP contribution in [-0.2, 0) is 6.54 Å². The van der Waals surface area contributed by atoms with Crippen molar-refractivity contribution in [2.75, 3.05) is 23.9 Å². The molecule has 0 aliphatic carbocycles. The first-order valence-electron chi connectivity index (χ1n) is 11.8. The number of fused-ring (bicyclic) bond motifs is 1. The number of ether oxygens (including phenoxy) is 1. The van der Waals surface area contributed by atoms with Crippen LogP contribution in [0.4, 0.5) is 11.4 Å². The molecule has 0 bridgehead atoms. The van der Waals surface area contributed by atoms with Crippen molar-refractivity contribution in [1.82, 2.24) is 14.8 Å². The van der Waals surface area contributed by atoms with Gasteiger partial charge in [-0.05, 0) is 55.3 Å². The first-order valence-corrected chi connectivity index (χ1v) is 11.8. The van der Waals surface area contributed by atoms with Gasteiger partial charge in [0, 0.05) is 42.1 Å². The minimum Gasteiger partial charge on any atom is -0.497 e. The summed E-state index contributed by atoms with van der Waals surface area (Å²) in [6, 6.07) is 23.9. The highest BCUT2D eigenvalue weighted by Gasteiger charge is 2.33. The summed E-state index contributed by atoms with van der Waals surface area (Å²) in [6.07, 6.45) is 1.79. The molecule has 35 heavy (non-hydrogen) atoms. The molecule has 3 aromatic carbocycles. The second-order valence-electron chi connectivity index (χ2n) is 9.05. The van der Waals surface area contributed by atoms with Gasteiger partial charge in [-0.1, -0.05) is 36.4 Å². The monoisotopic (exact) mass is 467 g/mol. The number of hydrogen-bond donors (Lipinski definition) is 1. The highest BCUT2D eigenvalue weighted by atomic mass is 16.5. The van der Waals surface area contributed by atoms with Gasteiger partial charge in [0.05, 0.1) is 13.0 Å². The lowest BCUT2D eigenvalue weighted by molar-refractivity contribution is 0.102. The molecule has 7 heteroatoms. The van der Waals surface area contributed by atoms with E-state index < -0.39 is 0 Å². The number of carbonyl (C=O) groups excluding carboxylic acids is 1. The molecule has 0 unspecified atom stereocenters. The SMILES string of the molecule is COc1cccc(NC(=O)c2ccc3c(c2)[C@H](c2ncn(C(C)C)n2)CN3Cc2ccccc2)c1. The summed E-state index contributed by atoms with van der Waals surface area (Å²) in [6.45, 7) is 5.71. The van der Waals surface area contributed by atoms with E-state index in [1.165, 1.54) is 5.56 Å². The smallest absolute Gasteiger partial charge is 0.255 e. The number of benzene rings is 3. The molecule has 1 amide bonds. The first kappa shape index (κ1) is 22.7. The molecule has 1 aromatic heterocycles. The molecule has 7 nitrogen and oxygen atoms in total. The fourth-order valence-corrected chi connectivity index (χ4v) is 4.45. The van der Waals surface area contributed by atoms with Gasteiger partial charge in [-0.2, -0.15) is 5.10 Å². The number of hydrogen-bond acceptors (Lipinski definition) is 5. The van der Waals surface area contributed by atoms with Gasteiger partial charge < -0.3 is 15.0 Å². The lowest BCUT2D eigenvalue weighted by Gasteiger charge is -2.20. The maximum absolute atomic E-state index is 13.1. The van der Waals surface area contributed by atoms with Crippen LogP contribution in [0.25, 0.3) is 0 Å². The Morgan fingerprint density at radius 2 is 1.91 bits per heavy atom. The second-order valence-corrected chi connectivity index (χ2v) is 9.05. The molecule has 1 N–H and O–H groups in total. The minimum atomic E-state index is -0.165. The standard InChI is InChI=1S/C28H29N5O2/c1-19(2)33-18-29-27(31-33)25-17-32(16-20-8-5-4-6-9-20)26-13-12-21(14-24(25)26)28(34)30-22-10-7-11-23(15-22)35-3/h4-15,18-19,25H,16-17H2,1-3H3,(H,30,34)/t25-/m1/s1. The highest BCUT2D eigenvalue weighted by molar-refractivity contribution is 6.04. The molecule has 1 atom stereocenters. The van der Waals surface area contributed by atoms with Crippen molar-refractivity contribution < 1.29 is 9.53 Å². The zero-order valence-electron chi connectivity index (χ0n) is 20.2. The van der Waals surface area contributed by atoms with E-state index in [9.17, 15) is 4.79 Å². The topological polar surface area (TPSA) is 72.3 Å². The summed E-state index contributed by atoms with van der Waals surface area (Å²) in [4.78, 5) is 20.1. The number of anilines is 2. The van der Waals surface area contributed by atoms with Crippen LogP contribution in [0.5, 0.6) is 5.75 Å². The van der Waals surface area contributed by atoms with E-state index in [0.717, 1.165) is 30.2 Å². The van der Waals surface area contributed by atoms with Crippen LogP contribution in [0.2, 0.25) is 0 Å². The fourth-order valence-electron chi connectivity index (χ4n) is 4.45. The number of aromatic nitrogens is 3. The molecule has 0 radical (unpaired) electrons. The molecule has 5 rings (SSSR count). The van der Waals surface area contributed by atoms with Crippen LogP contribution in [0.15, 0.2) is 79.1 Å². The van der Waals surface area contributed by atoms with E-state index >= 15 is 0 Å². The maximum atomic E-state index is 13.1. The molecule has 0 spiro atoms. The summed E-state index contributed by atoms with van der Waals surface area (Å²) in [5.41, 5.74) is 4.70. The Labute approximate surface area is 205 Å². The Bertz CT molecular complexity index is 1330. The van der Waals surface area contributed by atoms with Crippen molar-refractivity contribution >= 4 is 17.3 Å². The third kappa shape index (κ3) is 4.75. The third-order valence-electron chi connectivity index (χ3n) is 6.32. The van der Waals surface area contributed by atoms with E-state index in [1.54, 1.807) is 19.5 Å². The van der Waals surface area contributed by atoms with Crippen molar-refractivity contribution in [3.05, 3.63) is 102 Å². The molecule has 1 aliphatic heterocycles. The summed E-state index contributed by atoms with van der Waals surface area (Å²) in [7, 11) is 1.61. The lowest BCUT2D eigenvalue weighted by Crippen LogP contribution is -2.22. The van der Waals surface area contributed by atoms with Crippen molar-refractivity contribution in [2.45, 2.75) is 32.4 Å². The Hall–Kier alpha value is -4.13. The molecule has 0 saturated carbocycles. The Balaban J connectivity index is 1.47. The van der Waals surface area contributed by atoms with Crippen LogP contribution in [0.3, 0.4) is 0 Å². The lowest BCUT2D eigenvalue weighted by atomic mass is 9.98. The molecule has 178 valence electrons. The number of carbonyl (C=O) groups is 1. The van der Waals surface area contributed by atoms with Gasteiger partial charge in [0.2, 0.25) is 0 Å². The molecular formula is C28H29N5O2. The quantitative estimate of drug-likeness (QED) is 0.401. The highest BCUT2D eigenvalue weighted by Crippen LogP contribution is 2.40. The molecular weight excluding hydrogens is 438 g/mol. The second kappa shape index (κ2) is 9.62. The van der Waals surface area contributed by atoms with Gasteiger partial charge in [-0.3, -0.25) is 9.48 Å². The average Bonchev–Trinajstić information content (AvgIpc) is 3.50. The molecule has 0 fully saturated rings. The van der Waals surface area contributed by atoms with Gasteiger partial charge >= 0.3 is 0 Å². The van der Waals surface area contributed by atoms with E-state index in [4.69, 9.17) is 9.84 Å². The Morgan fingerprint density at radius 3 is 2.66 bits per heavy atom. The normalized spacial score (nSPS) is 14.7. The number of nitrogens with one attached hydrogen (secondary N) is 1. The summed E-state index contributed by atoms with van der Waals surface area (Å²) >= 11 is 0. The van der Waals surface area contributed by atoms with E-state index in [-0.39, 0.29) is 17.9 Å². The number of methoxy groups -OCH3 is 1. The minimum absolute atomic E-state index is 0.0155. The first-order chi connectivity index (χ1) is 17.0. The van der Waals surface area contributed by atoms with Crippen molar-refractivity contribution in [1.29, 1.82) is 0 Å². The number of rotatable bonds is 7. The van der Waals surface area contributed by atoms with Gasteiger partial charge in [0.25, 0.3) is 5.91 Å². The predicted octanol–water partition coefficient (Wildman–Crippen LogP) is 5.27. The fraction of sp³-hybridized carbons (Fsp3) is 0.250. The van der Waals surface area contributed by atoms with Crippen molar-refractivity contribution in [3.8, 4) is 5.75 Å². The summed E-state index contributed by atoms with van der Waals surface area (Å²) in [5.74, 6) is 1.29. The average molecular weight is 468 g/mol. The Kier molecular flexibility index (Phi) is 6.23. The third-order valence-corrected chi connectivity index (χ3v) is 6.32. The van der Waals surface area contributed by atoms with Crippen LogP contribution >= 0.6 is 0 Å². The van der Waals surface area contributed by atoms with E-state index in [0.29, 0.717) is 17.0 Å². The van der Waals surface area contributed by atoms with Crippen molar-refractivity contribution in [3.63, 3.8) is 0 Å². The zero-order chi connectivity index (χ0) is 24.4. The van der Waals surface area contributed by atoms with Crippen molar-refractivity contribution in [2.24, 2.45) is 0 Å². The van der Waals surface area contributed by atoms with Crippen LogP contribution in [-0.4, -0.2) is 34.3 Å². The van der Waals surface area contributed by atoms with Gasteiger partial charge in [-0.25, -0.2) is 4.98 Å². The molecule has 0 saturated heterocycles. The largest absolute Gasteiger partial charge is 0.497 e. The molecule has 2 heterocycles. The molecule has 1 aliphatic rings. The summed E-state index contributed by atoms with van der Waals surface area (Å²) < 4.78 is 7.16.